The van der Waals surface area contributed by atoms with Crippen LogP contribution in [0.15, 0.2) is 94.8 Å². The highest BCUT2D eigenvalue weighted by atomic mass is 32.2. The second-order valence-electron chi connectivity index (χ2n) is 11.4. The Kier molecular flexibility index (Phi) is 10.6. The van der Waals surface area contributed by atoms with E-state index in [1.165, 1.54) is 18.4 Å². The van der Waals surface area contributed by atoms with Crippen molar-refractivity contribution in [3.63, 3.8) is 0 Å². The summed E-state index contributed by atoms with van der Waals surface area (Å²) in [6.45, 7) is 2.64. The first-order chi connectivity index (χ1) is 20.6. The third-order valence-corrected chi connectivity index (χ3v) is 9.93. The van der Waals surface area contributed by atoms with Crippen LogP contribution < -0.4 is 4.90 Å². The first-order valence-electron chi connectivity index (χ1n) is 14.6. The standard InChI is InChI=1S/C33H42N6O3S/c1-36(2)22-11-23-39(30-16-18-31(19-17-30)43(41,42)37(3)4)32(35-26-34)38-24-20-29(21-25-38)33(40,27-12-7-5-8-13-27)28-14-9-6-10-15-28/h5-10,12-19,29,40H,11,20-25H2,1-4H3/b35-32+. The molecular formula is C33H42N6O3S. The van der Waals surface area contributed by atoms with Crippen molar-refractivity contribution in [2.24, 2.45) is 10.9 Å². The average molecular weight is 603 g/mol. The number of benzene rings is 3. The average Bonchev–Trinajstić information content (AvgIpc) is 3.03. The minimum Gasteiger partial charge on any atom is -0.380 e. The Hall–Kier alpha value is -3.75. The summed E-state index contributed by atoms with van der Waals surface area (Å²) in [5, 5.41) is 22.1. The van der Waals surface area contributed by atoms with Crippen molar-refractivity contribution in [3.05, 3.63) is 96.1 Å². The Bertz CT molecular complexity index is 1460. The SMILES string of the molecule is CN(C)CCCN(/C(=N/C#N)N1CCC(C(O)(c2ccccc2)c2ccccc2)CC1)c1ccc(S(=O)(=O)N(C)C)cc1. The van der Waals surface area contributed by atoms with E-state index in [0.717, 1.165) is 29.8 Å². The molecule has 0 aliphatic carbocycles. The number of nitrogens with zero attached hydrogens (tertiary/aromatic N) is 6. The van der Waals surface area contributed by atoms with E-state index in [9.17, 15) is 18.8 Å². The van der Waals surface area contributed by atoms with Crippen molar-refractivity contribution in [3.8, 4) is 6.19 Å². The van der Waals surface area contributed by atoms with Gasteiger partial charge in [-0.3, -0.25) is 0 Å². The fraction of sp³-hybridized carbons (Fsp3) is 0.394. The quantitative estimate of drug-likeness (QED) is 0.211. The normalized spacial score (nSPS) is 15.1. The molecule has 0 aromatic heterocycles. The number of hydrogen-bond acceptors (Lipinski definition) is 6. The molecule has 1 saturated heterocycles. The lowest BCUT2D eigenvalue weighted by Gasteiger charge is -2.44. The number of sulfonamides is 1. The molecule has 0 amide bonds. The van der Waals surface area contributed by atoms with Gasteiger partial charge in [-0.1, -0.05) is 60.7 Å². The van der Waals surface area contributed by atoms with E-state index in [0.29, 0.717) is 38.4 Å². The molecule has 0 unspecified atom stereocenters. The fourth-order valence-corrected chi connectivity index (χ4v) is 6.67. The van der Waals surface area contributed by atoms with E-state index in [2.05, 4.69) is 14.8 Å². The molecule has 3 aromatic rings. The fourth-order valence-electron chi connectivity index (χ4n) is 5.76. The molecule has 0 saturated carbocycles. The highest BCUT2D eigenvalue weighted by Crippen LogP contribution is 2.42. The van der Waals surface area contributed by atoms with Gasteiger partial charge in [-0.15, -0.1) is 4.99 Å². The van der Waals surface area contributed by atoms with Crippen LogP contribution in [0.5, 0.6) is 0 Å². The third kappa shape index (κ3) is 7.25. The van der Waals surface area contributed by atoms with Gasteiger partial charge in [-0.25, -0.2) is 12.7 Å². The molecule has 228 valence electrons. The van der Waals surface area contributed by atoms with Crippen molar-refractivity contribution in [2.75, 3.05) is 59.3 Å². The summed E-state index contributed by atoms with van der Waals surface area (Å²) in [6.07, 6.45) is 4.19. The molecule has 0 bridgehead atoms. The number of guanidine groups is 1. The summed E-state index contributed by atoms with van der Waals surface area (Å²) in [6, 6.07) is 26.4. The Morgan fingerprint density at radius 1 is 0.907 bits per heavy atom. The van der Waals surface area contributed by atoms with Gasteiger partial charge in [0.1, 0.15) is 5.60 Å². The molecule has 0 spiro atoms. The largest absolute Gasteiger partial charge is 0.380 e. The van der Waals surface area contributed by atoms with Crippen LogP contribution in [0.4, 0.5) is 5.69 Å². The van der Waals surface area contributed by atoms with Gasteiger partial charge in [-0.2, -0.15) is 5.26 Å². The molecule has 1 fully saturated rings. The van der Waals surface area contributed by atoms with Crippen molar-refractivity contribution in [1.29, 1.82) is 5.26 Å². The maximum absolute atomic E-state index is 12.7. The van der Waals surface area contributed by atoms with Gasteiger partial charge >= 0.3 is 0 Å². The monoisotopic (exact) mass is 602 g/mol. The number of likely N-dealkylation sites (tertiary alicyclic amines) is 1. The van der Waals surface area contributed by atoms with Crippen molar-refractivity contribution in [1.82, 2.24) is 14.1 Å². The Morgan fingerprint density at radius 2 is 1.44 bits per heavy atom. The van der Waals surface area contributed by atoms with Crippen LogP contribution in [-0.2, 0) is 15.6 Å². The third-order valence-electron chi connectivity index (χ3n) is 8.10. The number of hydrogen-bond donors (Lipinski definition) is 1. The first kappa shape index (κ1) is 32.2. The van der Waals surface area contributed by atoms with Crippen LogP contribution in [0.25, 0.3) is 0 Å². The van der Waals surface area contributed by atoms with E-state index in [-0.39, 0.29) is 10.8 Å². The van der Waals surface area contributed by atoms with Crippen LogP contribution in [-0.4, -0.2) is 88.0 Å². The Labute approximate surface area is 256 Å². The molecule has 43 heavy (non-hydrogen) atoms. The Morgan fingerprint density at radius 3 is 1.91 bits per heavy atom. The summed E-state index contributed by atoms with van der Waals surface area (Å²) in [5.41, 5.74) is 1.34. The van der Waals surface area contributed by atoms with Crippen LogP contribution in [0.3, 0.4) is 0 Å². The predicted octanol–water partition coefficient (Wildman–Crippen LogP) is 4.18. The van der Waals surface area contributed by atoms with Gasteiger partial charge in [0.2, 0.25) is 22.2 Å². The highest BCUT2D eigenvalue weighted by Gasteiger charge is 2.42. The molecule has 3 aromatic carbocycles. The van der Waals surface area contributed by atoms with Gasteiger partial charge < -0.3 is 19.8 Å². The first-order valence-corrected chi connectivity index (χ1v) is 16.0. The van der Waals surface area contributed by atoms with Crippen molar-refractivity contribution in [2.45, 2.75) is 29.8 Å². The van der Waals surface area contributed by atoms with E-state index < -0.39 is 15.6 Å². The molecular weight excluding hydrogens is 560 g/mol. The smallest absolute Gasteiger partial charge is 0.242 e. The van der Waals surface area contributed by atoms with Crippen LogP contribution >= 0.6 is 0 Å². The summed E-state index contributed by atoms with van der Waals surface area (Å²) in [7, 11) is 3.47. The molecule has 0 radical (unpaired) electrons. The second-order valence-corrected chi connectivity index (χ2v) is 13.5. The van der Waals surface area contributed by atoms with E-state index in [1.54, 1.807) is 24.3 Å². The molecule has 1 aliphatic heterocycles. The summed E-state index contributed by atoms with van der Waals surface area (Å²) in [5.74, 6) is 0.487. The maximum Gasteiger partial charge on any atom is 0.242 e. The number of piperidine rings is 1. The number of aliphatic imine (C=N–C) groups is 1. The molecule has 1 aliphatic rings. The van der Waals surface area contributed by atoms with E-state index >= 15 is 0 Å². The summed E-state index contributed by atoms with van der Waals surface area (Å²) >= 11 is 0. The van der Waals surface area contributed by atoms with Gasteiger partial charge in [0.15, 0.2) is 0 Å². The lowest BCUT2D eigenvalue weighted by molar-refractivity contribution is -0.00668. The Balaban J connectivity index is 1.62. The highest BCUT2D eigenvalue weighted by molar-refractivity contribution is 7.89. The van der Waals surface area contributed by atoms with Crippen molar-refractivity contribution >= 4 is 21.7 Å². The zero-order chi connectivity index (χ0) is 31.0. The van der Waals surface area contributed by atoms with Crippen LogP contribution in [0, 0.1) is 17.4 Å². The van der Waals surface area contributed by atoms with Crippen LogP contribution in [0.1, 0.15) is 30.4 Å². The number of rotatable bonds is 10. The van der Waals surface area contributed by atoms with Gasteiger partial charge in [0.05, 0.1) is 4.90 Å². The lowest BCUT2D eigenvalue weighted by atomic mass is 9.72. The molecule has 1 heterocycles. The van der Waals surface area contributed by atoms with Gasteiger partial charge in [0, 0.05) is 39.4 Å². The minimum atomic E-state index is -3.57. The van der Waals surface area contributed by atoms with E-state index in [4.69, 9.17) is 0 Å². The zero-order valence-corrected chi connectivity index (χ0v) is 26.3. The summed E-state index contributed by atoms with van der Waals surface area (Å²) < 4.78 is 26.5. The summed E-state index contributed by atoms with van der Waals surface area (Å²) in [4.78, 5) is 10.7. The van der Waals surface area contributed by atoms with Crippen LogP contribution in [0.2, 0.25) is 0 Å². The maximum atomic E-state index is 12.7. The van der Waals surface area contributed by atoms with Crippen molar-refractivity contribution < 1.29 is 13.5 Å². The molecule has 10 heteroatoms. The second kappa shape index (κ2) is 14.1. The van der Waals surface area contributed by atoms with Gasteiger partial charge in [0.25, 0.3) is 0 Å². The minimum absolute atomic E-state index is 0.0467. The molecule has 1 N–H and O–H groups in total. The predicted molar refractivity (Wildman–Crippen MR) is 171 cm³/mol. The molecule has 4 rings (SSSR count). The number of anilines is 1. The lowest BCUT2D eigenvalue weighted by Crippen LogP contribution is -2.51. The van der Waals surface area contributed by atoms with Gasteiger partial charge in [-0.05, 0) is 81.2 Å². The molecule has 0 atom stereocenters. The van der Waals surface area contributed by atoms with E-state index in [1.807, 2.05) is 85.9 Å². The number of aliphatic hydroxyl groups is 1. The number of nitriles is 1. The topological polar surface area (TPSA) is 103 Å². The molecule has 9 nitrogen and oxygen atoms in total. The zero-order valence-electron chi connectivity index (χ0n) is 25.5.